The number of aryl methyl sites for hydroxylation is 2. The molecule has 0 N–H and O–H groups in total. The Morgan fingerprint density at radius 1 is 1.11 bits per heavy atom. The first-order valence-corrected chi connectivity index (χ1v) is 17.0. The van der Waals surface area contributed by atoms with Crippen LogP contribution in [0.2, 0.25) is 5.02 Å². The number of alkyl halides is 3. The molecule has 1 aromatic heterocycles. The standard InChI is InChI=1S/C36H50ClF3N4O2/c1-6-9-15-27(5)25-46-35-42-32(8-3)30(19-11-10-16-28-17-14-20-31(37)33(28)36(38,39)40)34(43-35)44(24-26(4)21-22-41)23-13-12-18-29(45)7-2/h7,14,17,20,26-27H,2,6,8-13,15-16,18-19,21,23-25H2,1,3-5H3/t26-,27+/m0/s1. The van der Waals surface area contributed by atoms with Gasteiger partial charge in [0, 0.05) is 31.5 Å². The number of hydrogen-bond donors (Lipinski definition) is 0. The van der Waals surface area contributed by atoms with Gasteiger partial charge in [-0.2, -0.15) is 28.4 Å². The number of ketones is 1. The second kappa shape index (κ2) is 20.2. The van der Waals surface area contributed by atoms with Gasteiger partial charge >= 0.3 is 12.2 Å². The lowest BCUT2D eigenvalue weighted by atomic mass is 9.98. The minimum atomic E-state index is -4.52. The Labute approximate surface area is 278 Å². The molecule has 2 rings (SSSR count). The molecule has 0 unspecified atom stereocenters. The zero-order valence-corrected chi connectivity index (χ0v) is 28.7. The van der Waals surface area contributed by atoms with Crippen molar-refractivity contribution in [3.63, 3.8) is 0 Å². The topological polar surface area (TPSA) is 79.1 Å². The van der Waals surface area contributed by atoms with E-state index in [0.717, 1.165) is 42.8 Å². The second-order valence-electron chi connectivity index (χ2n) is 12.2. The predicted octanol–water partition coefficient (Wildman–Crippen LogP) is 9.76. The molecule has 1 heterocycles. The molecule has 0 amide bonds. The van der Waals surface area contributed by atoms with Crippen molar-refractivity contribution in [3.8, 4) is 12.1 Å². The van der Waals surface area contributed by atoms with E-state index in [-0.39, 0.29) is 28.7 Å². The predicted molar refractivity (Wildman–Crippen MR) is 179 cm³/mol. The molecule has 6 nitrogen and oxygen atoms in total. The molecule has 2 aromatic rings. The van der Waals surface area contributed by atoms with Crippen molar-refractivity contribution in [1.82, 2.24) is 9.97 Å². The van der Waals surface area contributed by atoms with Crippen LogP contribution in [0.4, 0.5) is 19.0 Å². The fraction of sp³-hybridized carbons (Fsp3) is 0.611. The molecular formula is C36H50ClF3N4O2. The molecule has 0 bridgehead atoms. The maximum absolute atomic E-state index is 13.7. The van der Waals surface area contributed by atoms with E-state index in [4.69, 9.17) is 26.3 Å². The van der Waals surface area contributed by atoms with Gasteiger partial charge in [0.2, 0.25) is 0 Å². The van der Waals surface area contributed by atoms with Crippen molar-refractivity contribution in [2.45, 2.75) is 111 Å². The summed E-state index contributed by atoms with van der Waals surface area (Å²) in [5.41, 5.74) is 1.22. The van der Waals surface area contributed by atoms with Gasteiger partial charge in [-0.25, -0.2) is 0 Å². The summed E-state index contributed by atoms with van der Waals surface area (Å²) >= 11 is 5.95. The van der Waals surface area contributed by atoms with E-state index >= 15 is 0 Å². The first-order chi connectivity index (χ1) is 21.9. The molecule has 0 aliphatic carbocycles. The summed E-state index contributed by atoms with van der Waals surface area (Å²) in [5.74, 6) is 1.15. The highest BCUT2D eigenvalue weighted by atomic mass is 35.5. The molecule has 0 aliphatic heterocycles. The molecule has 0 spiro atoms. The average Bonchev–Trinajstić information content (AvgIpc) is 3.01. The van der Waals surface area contributed by atoms with Crippen LogP contribution in [0.3, 0.4) is 0 Å². The Morgan fingerprint density at radius 3 is 2.50 bits per heavy atom. The van der Waals surface area contributed by atoms with Gasteiger partial charge in [-0.3, -0.25) is 4.79 Å². The number of anilines is 1. The van der Waals surface area contributed by atoms with Crippen LogP contribution in [0.25, 0.3) is 0 Å². The quantitative estimate of drug-likeness (QED) is 0.0922. The van der Waals surface area contributed by atoms with Crippen molar-refractivity contribution in [1.29, 1.82) is 5.26 Å². The largest absolute Gasteiger partial charge is 0.463 e. The number of halogens is 4. The first kappa shape index (κ1) is 39.1. The van der Waals surface area contributed by atoms with Gasteiger partial charge < -0.3 is 9.64 Å². The highest BCUT2D eigenvalue weighted by Crippen LogP contribution is 2.38. The summed E-state index contributed by atoms with van der Waals surface area (Å²) in [5, 5.41) is 9.08. The molecule has 0 fully saturated rings. The van der Waals surface area contributed by atoms with E-state index < -0.39 is 11.7 Å². The number of aromatic nitrogens is 2. The van der Waals surface area contributed by atoms with Gasteiger partial charge in [0.25, 0.3) is 0 Å². The number of hydrogen-bond acceptors (Lipinski definition) is 6. The lowest BCUT2D eigenvalue weighted by Crippen LogP contribution is -2.32. The summed E-state index contributed by atoms with van der Waals surface area (Å²) in [6.07, 6.45) is 4.91. The number of carbonyl (C=O) groups excluding carboxylic acids is 1. The van der Waals surface area contributed by atoms with Gasteiger partial charge in [-0.05, 0) is 80.9 Å². The summed E-state index contributed by atoms with van der Waals surface area (Å²) in [6.45, 7) is 13.6. The fourth-order valence-corrected chi connectivity index (χ4v) is 5.82. The Bertz CT molecular complexity index is 1300. The van der Waals surface area contributed by atoms with Gasteiger partial charge in [0.05, 0.1) is 29.0 Å². The van der Waals surface area contributed by atoms with Crippen LogP contribution in [-0.2, 0) is 30.2 Å². The third-order valence-electron chi connectivity index (χ3n) is 8.04. The maximum atomic E-state index is 13.7. The first-order valence-electron chi connectivity index (χ1n) is 16.6. The van der Waals surface area contributed by atoms with Crippen molar-refractivity contribution >= 4 is 23.2 Å². The number of nitriles is 1. The summed E-state index contributed by atoms with van der Waals surface area (Å²) in [7, 11) is 0. The number of nitrogens with zero attached hydrogens (tertiary/aromatic N) is 4. The molecule has 46 heavy (non-hydrogen) atoms. The molecule has 0 saturated heterocycles. The van der Waals surface area contributed by atoms with E-state index in [1.807, 2.05) is 13.8 Å². The zero-order valence-electron chi connectivity index (χ0n) is 27.9. The SMILES string of the molecule is C=CC(=O)CCCCN(C[C@@H](C)CC#N)c1nc(OC[C@H](C)CCCC)nc(CC)c1CCCCc1cccc(Cl)c1C(F)(F)F. The second-order valence-corrected chi connectivity index (χ2v) is 12.6. The van der Waals surface area contributed by atoms with Crippen LogP contribution in [0.5, 0.6) is 6.01 Å². The average molecular weight is 663 g/mol. The third-order valence-corrected chi connectivity index (χ3v) is 8.35. The molecule has 254 valence electrons. The molecule has 0 aliphatic rings. The van der Waals surface area contributed by atoms with Crippen LogP contribution in [0.1, 0.15) is 108 Å². The smallest absolute Gasteiger partial charge is 0.418 e. The van der Waals surface area contributed by atoms with E-state index in [0.29, 0.717) is 76.6 Å². The summed E-state index contributed by atoms with van der Waals surface area (Å²) in [4.78, 5) is 23.7. The lowest BCUT2D eigenvalue weighted by molar-refractivity contribution is -0.138. The van der Waals surface area contributed by atoms with Crippen LogP contribution in [0, 0.1) is 23.2 Å². The van der Waals surface area contributed by atoms with Crippen molar-refractivity contribution < 1.29 is 22.7 Å². The van der Waals surface area contributed by atoms with Gasteiger partial charge in [-0.15, -0.1) is 0 Å². The Hall–Kier alpha value is -3.12. The van der Waals surface area contributed by atoms with Crippen molar-refractivity contribution in [2.75, 3.05) is 24.6 Å². The van der Waals surface area contributed by atoms with E-state index in [2.05, 4.69) is 31.4 Å². The highest BCUT2D eigenvalue weighted by Gasteiger charge is 2.35. The third kappa shape index (κ3) is 12.9. The normalized spacial score (nSPS) is 12.8. The van der Waals surface area contributed by atoms with E-state index in [1.54, 1.807) is 6.07 Å². The van der Waals surface area contributed by atoms with E-state index in [9.17, 15) is 23.2 Å². The molecule has 2 atom stereocenters. The van der Waals surface area contributed by atoms with Crippen LogP contribution in [-0.4, -0.2) is 35.4 Å². The Balaban J connectivity index is 2.40. The molecular weight excluding hydrogens is 613 g/mol. The summed E-state index contributed by atoms with van der Waals surface area (Å²) in [6, 6.07) is 6.89. The zero-order chi connectivity index (χ0) is 34.1. The number of carbonyl (C=O) groups is 1. The van der Waals surface area contributed by atoms with Crippen LogP contribution >= 0.6 is 11.6 Å². The molecule has 10 heteroatoms. The Kier molecular flexibility index (Phi) is 17.1. The summed E-state index contributed by atoms with van der Waals surface area (Å²) < 4.78 is 47.3. The van der Waals surface area contributed by atoms with E-state index in [1.165, 1.54) is 18.2 Å². The number of unbranched alkanes of at least 4 members (excludes halogenated alkanes) is 3. The van der Waals surface area contributed by atoms with Crippen LogP contribution in [0.15, 0.2) is 30.9 Å². The van der Waals surface area contributed by atoms with Gasteiger partial charge in [0.1, 0.15) is 5.82 Å². The highest BCUT2D eigenvalue weighted by molar-refractivity contribution is 6.31. The lowest BCUT2D eigenvalue weighted by Gasteiger charge is -2.29. The fourth-order valence-electron chi connectivity index (χ4n) is 5.52. The molecule has 1 aromatic carbocycles. The number of allylic oxidation sites excluding steroid dienone is 1. The number of benzene rings is 1. The minimum absolute atomic E-state index is 0.00153. The Morgan fingerprint density at radius 2 is 1.85 bits per heavy atom. The van der Waals surface area contributed by atoms with Gasteiger partial charge in [0.15, 0.2) is 5.78 Å². The molecule has 0 radical (unpaired) electrons. The van der Waals surface area contributed by atoms with Crippen molar-refractivity contribution in [2.24, 2.45) is 11.8 Å². The maximum Gasteiger partial charge on any atom is 0.418 e. The van der Waals surface area contributed by atoms with Crippen molar-refractivity contribution in [3.05, 3.63) is 58.3 Å². The van der Waals surface area contributed by atoms with Crippen LogP contribution < -0.4 is 9.64 Å². The monoisotopic (exact) mass is 662 g/mol. The minimum Gasteiger partial charge on any atom is -0.463 e. The number of ether oxygens (including phenoxy) is 1. The molecule has 0 saturated carbocycles. The number of rotatable bonds is 22. The van der Waals surface area contributed by atoms with Gasteiger partial charge in [-0.1, -0.05) is 70.8 Å².